The minimum absolute atomic E-state index is 0.0560. The van der Waals surface area contributed by atoms with Crippen LogP contribution < -0.4 is 9.62 Å². The lowest BCUT2D eigenvalue weighted by Gasteiger charge is -2.36. The van der Waals surface area contributed by atoms with Gasteiger partial charge in [0.1, 0.15) is 5.82 Å². The maximum atomic E-state index is 13.1. The van der Waals surface area contributed by atoms with Crippen molar-refractivity contribution in [3.05, 3.63) is 59.9 Å². The van der Waals surface area contributed by atoms with E-state index in [0.717, 1.165) is 5.69 Å². The highest BCUT2D eigenvalue weighted by molar-refractivity contribution is 7.89. The van der Waals surface area contributed by atoms with Crippen molar-refractivity contribution in [1.82, 2.24) is 9.62 Å². The zero-order valence-electron chi connectivity index (χ0n) is 15.1. The number of amides is 1. The maximum Gasteiger partial charge on any atom is 0.253 e. The van der Waals surface area contributed by atoms with Crippen LogP contribution in [0.2, 0.25) is 0 Å². The molecule has 0 aromatic heterocycles. The molecular weight excluding hydrogens is 381 g/mol. The number of anilines is 1. The number of rotatable bonds is 5. The first-order valence-corrected chi connectivity index (χ1v) is 10.2. The van der Waals surface area contributed by atoms with Gasteiger partial charge in [-0.3, -0.25) is 4.79 Å². The second kappa shape index (κ2) is 8.42. The van der Waals surface area contributed by atoms with Gasteiger partial charge in [0.05, 0.1) is 11.4 Å². The first-order valence-electron chi connectivity index (χ1n) is 8.74. The van der Waals surface area contributed by atoms with Gasteiger partial charge in [-0.05, 0) is 48.5 Å². The minimum atomic E-state index is -3.68. The van der Waals surface area contributed by atoms with Crippen LogP contribution in [0.4, 0.5) is 10.1 Å². The number of terminal acetylenes is 1. The van der Waals surface area contributed by atoms with Crippen molar-refractivity contribution in [3.8, 4) is 12.3 Å². The van der Waals surface area contributed by atoms with Crippen molar-refractivity contribution >= 4 is 21.6 Å². The molecule has 0 spiro atoms. The van der Waals surface area contributed by atoms with E-state index in [1.165, 1.54) is 36.4 Å². The smallest absolute Gasteiger partial charge is 0.253 e. The monoisotopic (exact) mass is 401 g/mol. The van der Waals surface area contributed by atoms with Gasteiger partial charge in [-0.1, -0.05) is 5.92 Å². The van der Waals surface area contributed by atoms with E-state index in [1.54, 1.807) is 17.0 Å². The normalized spacial score (nSPS) is 14.6. The number of halogens is 1. The highest BCUT2D eigenvalue weighted by Gasteiger charge is 2.23. The molecule has 0 saturated carbocycles. The Hall–Kier alpha value is -2.89. The van der Waals surface area contributed by atoms with Crippen LogP contribution in [0.3, 0.4) is 0 Å². The lowest BCUT2D eigenvalue weighted by atomic mass is 10.1. The fourth-order valence-electron chi connectivity index (χ4n) is 3.00. The van der Waals surface area contributed by atoms with Crippen molar-refractivity contribution in [2.45, 2.75) is 4.90 Å². The molecule has 1 heterocycles. The molecule has 2 aromatic rings. The first kappa shape index (κ1) is 19.9. The molecule has 8 heteroatoms. The summed E-state index contributed by atoms with van der Waals surface area (Å²) in [5.74, 6) is 1.78. The summed E-state index contributed by atoms with van der Waals surface area (Å²) in [5, 5.41) is 0. The zero-order valence-corrected chi connectivity index (χ0v) is 16.0. The largest absolute Gasteiger partial charge is 0.368 e. The van der Waals surface area contributed by atoms with E-state index < -0.39 is 10.0 Å². The number of hydrogen-bond acceptors (Lipinski definition) is 4. The molecule has 0 aliphatic carbocycles. The molecule has 0 radical (unpaired) electrons. The van der Waals surface area contributed by atoms with Crippen LogP contribution in [0.25, 0.3) is 0 Å². The van der Waals surface area contributed by atoms with Crippen LogP contribution >= 0.6 is 0 Å². The summed E-state index contributed by atoms with van der Waals surface area (Å²) in [7, 11) is -3.68. The average Bonchev–Trinajstić information content (AvgIpc) is 2.72. The van der Waals surface area contributed by atoms with Crippen LogP contribution in [0.15, 0.2) is 53.4 Å². The Morgan fingerprint density at radius 2 is 1.64 bits per heavy atom. The molecule has 0 unspecified atom stereocenters. The Morgan fingerprint density at radius 1 is 1.04 bits per heavy atom. The van der Waals surface area contributed by atoms with Gasteiger partial charge in [-0.2, -0.15) is 4.72 Å². The predicted octanol–water partition coefficient (Wildman–Crippen LogP) is 1.70. The molecule has 0 bridgehead atoms. The third-order valence-electron chi connectivity index (χ3n) is 4.53. The topological polar surface area (TPSA) is 69.7 Å². The standard InChI is InChI=1S/C20H20FN3O3S/c1-2-11-22-28(26,27)19-9-3-16(4-10-19)20(25)24-14-12-23(13-15-24)18-7-5-17(21)6-8-18/h1,3-10,22H,11-15H2. The molecular formula is C20H20FN3O3S. The van der Waals surface area contributed by atoms with Crippen molar-refractivity contribution in [3.63, 3.8) is 0 Å². The summed E-state index contributed by atoms with van der Waals surface area (Å²) in [5.41, 5.74) is 1.34. The Morgan fingerprint density at radius 3 is 2.21 bits per heavy atom. The second-order valence-corrected chi connectivity index (χ2v) is 8.08. The van der Waals surface area contributed by atoms with Gasteiger partial charge in [0.15, 0.2) is 0 Å². The van der Waals surface area contributed by atoms with Crippen molar-refractivity contribution in [2.75, 3.05) is 37.6 Å². The summed E-state index contributed by atoms with van der Waals surface area (Å²) in [6, 6.07) is 12.1. The Balaban J connectivity index is 1.62. The molecule has 2 aromatic carbocycles. The fourth-order valence-corrected chi connectivity index (χ4v) is 3.93. The predicted molar refractivity (Wildman–Crippen MR) is 105 cm³/mol. The maximum absolute atomic E-state index is 13.1. The van der Waals surface area contributed by atoms with Crippen molar-refractivity contribution < 1.29 is 17.6 Å². The summed E-state index contributed by atoms with van der Waals surface area (Å²) in [4.78, 5) is 16.6. The number of benzene rings is 2. The van der Waals surface area contributed by atoms with Gasteiger partial charge in [0, 0.05) is 37.4 Å². The molecule has 28 heavy (non-hydrogen) atoms. The number of sulfonamides is 1. The highest BCUT2D eigenvalue weighted by Crippen LogP contribution is 2.18. The average molecular weight is 401 g/mol. The number of nitrogens with one attached hydrogen (secondary N) is 1. The van der Waals surface area contributed by atoms with Gasteiger partial charge in [0.25, 0.3) is 5.91 Å². The number of carbonyl (C=O) groups excluding carboxylic acids is 1. The zero-order chi connectivity index (χ0) is 20.1. The minimum Gasteiger partial charge on any atom is -0.368 e. The Bertz CT molecular complexity index is 975. The fraction of sp³-hybridized carbons (Fsp3) is 0.250. The highest BCUT2D eigenvalue weighted by atomic mass is 32.2. The lowest BCUT2D eigenvalue weighted by molar-refractivity contribution is 0.0746. The summed E-state index contributed by atoms with van der Waals surface area (Å²) >= 11 is 0. The van der Waals surface area contributed by atoms with Crippen LogP contribution in [-0.4, -0.2) is 51.9 Å². The molecule has 0 atom stereocenters. The molecule has 1 fully saturated rings. The van der Waals surface area contributed by atoms with Crippen LogP contribution in [0.1, 0.15) is 10.4 Å². The molecule has 1 aliphatic rings. The molecule has 3 rings (SSSR count). The van der Waals surface area contributed by atoms with E-state index >= 15 is 0 Å². The molecule has 1 amide bonds. The third kappa shape index (κ3) is 4.50. The lowest BCUT2D eigenvalue weighted by Crippen LogP contribution is -2.48. The Labute approximate surface area is 164 Å². The summed E-state index contributed by atoms with van der Waals surface area (Å²) in [6.07, 6.45) is 5.07. The first-order chi connectivity index (χ1) is 13.4. The van der Waals surface area contributed by atoms with Gasteiger partial charge in [0.2, 0.25) is 10.0 Å². The number of carbonyl (C=O) groups is 1. The molecule has 1 saturated heterocycles. The molecule has 146 valence electrons. The van der Waals surface area contributed by atoms with E-state index in [1.807, 2.05) is 0 Å². The van der Waals surface area contributed by atoms with E-state index in [2.05, 4.69) is 15.5 Å². The summed E-state index contributed by atoms with van der Waals surface area (Å²) in [6.45, 7) is 2.24. The van der Waals surface area contributed by atoms with E-state index in [-0.39, 0.29) is 23.2 Å². The number of piperazine rings is 1. The van der Waals surface area contributed by atoms with Gasteiger partial charge in [-0.25, -0.2) is 12.8 Å². The van der Waals surface area contributed by atoms with Gasteiger partial charge < -0.3 is 9.80 Å². The second-order valence-electron chi connectivity index (χ2n) is 6.31. The molecule has 1 N–H and O–H groups in total. The number of hydrogen-bond donors (Lipinski definition) is 1. The van der Waals surface area contributed by atoms with Gasteiger partial charge in [-0.15, -0.1) is 6.42 Å². The Kier molecular flexibility index (Phi) is 5.97. The van der Waals surface area contributed by atoms with Crippen LogP contribution in [-0.2, 0) is 10.0 Å². The van der Waals surface area contributed by atoms with E-state index in [0.29, 0.717) is 31.7 Å². The molecule has 1 aliphatic heterocycles. The number of nitrogens with zero attached hydrogens (tertiary/aromatic N) is 2. The van der Waals surface area contributed by atoms with Crippen LogP contribution in [0, 0.1) is 18.2 Å². The van der Waals surface area contributed by atoms with Crippen molar-refractivity contribution in [2.24, 2.45) is 0 Å². The third-order valence-corrected chi connectivity index (χ3v) is 5.95. The van der Waals surface area contributed by atoms with E-state index in [9.17, 15) is 17.6 Å². The quantitative estimate of drug-likeness (QED) is 0.775. The van der Waals surface area contributed by atoms with Crippen molar-refractivity contribution in [1.29, 1.82) is 0 Å². The SMILES string of the molecule is C#CCNS(=O)(=O)c1ccc(C(=O)N2CCN(c3ccc(F)cc3)CC2)cc1. The van der Waals surface area contributed by atoms with Gasteiger partial charge >= 0.3 is 0 Å². The van der Waals surface area contributed by atoms with Crippen LogP contribution in [0.5, 0.6) is 0 Å². The summed E-state index contributed by atoms with van der Waals surface area (Å²) < 4.78 is 39.4. The molecule has 6 nitrogen and oxygen atoms in total. The van der Waals surface area contributed by atoms with E-state index in [4.69, 9.17) is 6.42 Å².